The molecule has 2 rings (SSSR count). The Kier molecular flexibility index (Phi) is 3.93. The summed E-state index contributed by atoms with van der Waals surface area (Å²) in [7, 11) is 1.97. The largest absolute Gasteiger partial charge is 0.314 e. The molecule has 0 bridgehead atoms. The van der Waals surface area contributed by atoms with E-state index >= 15 is 0 Å². The minimum atomic E-state index is 0.568. The van der Waals surface area contributed by atoms with Crippen molar-refractivity contribution in [1.29, 1.82) is 0 Å². The molecule has 0 aliphatic heterocycles. The zero-order valence-electron chi connectivity index (χ0n) is 10.3. The molecule has 1 aliphatic rings. The zero-order valence-corrected chi connectivity index (χ0v) is 10.3. The predicted octanol–water partition coefficient (Wildman–Crippen LogP) is 1.53. The minimum Gasteiger partial charge on any atom is -0.314 e. The van der Waals surface area contributed by atoms with Crippen molar-refractivity contribution in [2.75, 3.05) is 6.54 Å². The van der Waals surface area contributed by atoms with E-state index in [9.17, 15) is 0 Å². The first-order valence-electron chi connectivity index (χ1n) is 6.35. The molecule has 4 heteroatoms. The van der Waals surface area contributed by atoms with Crippen molar-refractivity contribution in [3.63, 3.8) is 0 Å². The molecule has 1 heterocycles. The molecule has 16 heavy (non-hydrogen) atoms. The Hall–Kier alpha value is -0.900. The lowest BCUT2D eigenvalue weighted by Crippen LogP contribution is -2.35. The molecule has 4 nitrogen and oxygen atoms in total. The second kappa shape index (κ2) is 5.43. The fourth-order valence-corrected chi connectivity index (χ4v) is 2.38. The van der Waals surface area contributed by atoms with Crippen LogP contribution in [0.3, 0.4) is 0 Å². The van der Waals surface area contributed by atoms with Crippen LogP contribution in [0.4, 0.5) is 0 Å². The number of nitrogens with zero attached hydrogens (tertiary/aromatic N) is 3. The third-order valence-corrected chi connectivity index (χ3v) is 3.57. The highest BCUT2D eigenvalue weighted by atomic mass is 15.3. The summed E-state index contributed by atoms with van der Waals surface area (Å²) in [5, 5.41) is 7.69. The lowest BCUT2D eigenvalue weighted by atomic mass is 9.80. The van der Waals surface area contributed by atoms with Gasteiger partial charge in [0, 0.05) is 19.5 Å². The summed E-state index contributed by atoms with van der Waals surface area (Å²) in [5.74, 6) is 2.03. The molecule has 0 aromatic carbocycles. The zero-order chi connectivity index (χ0) is 11.4. The van der Waals surface area contributed by atoms with Gasteiger partial charge in [-0.05, 0) is 18.9 Å². The Morgan fingerprint density at radius 1 is 1.56 bits per heavy atom. The lowest BCUT2D eigenvalue weighted by Gasteiger charge is -2.29. The van der Waals surface area contributed by atoms with Crippen molar-refractivity contribution in [3.05, 3.63) is 12.2 Å². The molecule has 0 saturated heterocycles. The van der Waals surface area contributed by atoms with Gasteiger partial charge in [0.05, 0.1) is 0 Å². The van der Waals surface area contributed by atoms with Crippen LogP contribution in [-0.4, -0.2) is 27.4 Å². The van der Waals surface area contributed by atoms with Crippen LogP contribution in [0.1, 0.15) is 38.4 Å². The van der Waals surface area contributed by atoms with Crippen LogP contribution in [0.5, 0.6) is 0 Å². The van der Waals surface area contributed by atoms with Crippen LogP contribution < -0.4 is 5.32 Å². The molecule has 1 aromatic heterocycles. The summed E-state index contributed by atoms with van der Waals surface area (Å²) in [5.41, 5.74) is 0. The average Bonchev–Trinajstić information content (AvgIpc) is 2.58. The van der Waals surface area contributed by atoms with Crippen LogP contribution in [0.2, 0.25) is 0 Å². The topological polar surface area (TPSA) is 42.7 Å². The van der Waals surface area contributed by atoms with E-state index in [0.29, 0.717) is 6.04 Å². The number of hydrogen-bond acceptors (Lipinski definition) is 3. The molecule has 90 valence electrons. The van der Waals surface area contributed by atoms with Gasteiger partial charge in [0.25, 0.3) is 0 Å². The van der Waals surface area contributed by atoms with Crippen molar-refractivity contribution in [2.45, 2.75) is 45.1 Å². The predicted molar refractivity (Wildman–Crippen MR) is 64.1 cm³/mol. The molecule has 1 aliphatic carbocycles. The van der Waals surface area contributed by atoms with Crippen molar-refractivity contribution >= 4 is 0 Å². The third kappa shape index (κ3) is 2.82. The van der Waals surface area contributed by atoms with Gasteiger partial charge in [0.15, 0.2) is 0 Å². The molecular formula is C12H22N4. The first-order chi connectivity index (χ1) is 7.79. The molecule has 0 radical (unpaired) electrons. The Bertz CT molecular complexity index is 317. The highest BCUT2D eigenvalue weighted by Crippen LogP contribution is 2.30. The number of rotatable bonds is 6. The molecule has 1 N–H and O–H groups in total. The van der Waals surface area contributed by atoms with E-state index in [4.69, 9.17) is 0 Å². The van der Waals surface area contributed by atoms with Gasteiger partial charge in [-0.3, -0.25) is 4.68 Å². The van der Waals surface area contributed by atoms with E-state index < -0.39 is 0 Å². The summed E-state index contributed by atoms with van der Waals surface area (Å²) in [4.78, 5) is 4.30. The fourth-order valence-electron chi connectivity index (χ4n) is 2.38. The van der Waals surface area contributed by atoms with Gasteiger partial charge in [-0.2, -0.15) is 5.10 Å². The highest BCUT2D eigenvalue weighted by molar-refractivity contribution is 4.90. The molecule has 0 amide bonds. The molecule has 0 spiro atoms. The average molecular weight is 222 g/mol. The Morgan fingerprint density at radius 2 is 2.38 bits per heavy atom. The SMILES string of the molecule is CCNC(Cc1ncnn1C)CC1CCC1. The van der Waals surface area contributed by atoms with E-state index in [0.717, 1.165) is 24.7 Å². The van der Waals surface area contributed by atoms with Gasteiger partial charge in [-0.15, -0.1) is 0 Å². The summed E-state index contributed by atoms with van der Waals surface area (Å²) in [6.07, 6.45) is 8.19. The van der Waals surface area contributed by atoms with E-state index in [1.807, 2.05) is 11.7 Å². The van der Waals surface area contributed by atoms with E-state index in [2.05, 4.69) is 22.3 Å². The summed E-state index contributed by atoms with van der Waals surface area (Å²) >= 11 is 0. The van der Waals surface area contributed by atoms with Crippen LogP contribution in [0, 0.1) is 5.92 Å². The van der Waals surface area contributed by atoms with Gasteiger partial charge in [0.2, 0.25) is 0 Å². The van der Waals surface area contributed by atoms with Crippen molar-refractivity contribution < 1.29 is 0 Å². The molecule has 1 atom stereocenters. The molecule has 1 fully saturated rings. The maximum atomic E-state index is 4.30. The maximum Gasteiger partial charge on any atom is 0.138 e. The molecule has 1 saturated carbocycles. The number of aryl methyl sites for hydroxylation is 1. The van der Waals surface area contributed by atoms with Gasteiger partial charge in [-0.1, -0.05) is 26.2 Å². The van der Waals surface area contributed by atoms with Gasteiger partial charge >= 0.3 is 0 Å². The first kappa shape index (κ1) is 11.6. The second-order valence-electron chi connectivity index (χ2n) is 4.79. The van der Waals surface area contributed by atoms with E-state index in [1.54, 1.807) is 6.33 Å². The van der Waals surface area contributed by atoms with Gasteiger partial charge in [-0.25, -0.2) is 4.98 Å². The number of hydrogen-bond donors (Lipinski definition) is 1. The maximum absolute atomic E-state index is 4.30. The van der Waals surface area contributed by atoms with E-state index in [-0.39, 0.29) is 0 Å². The van der Waals surface area contributed by atoms with Crippen LogP contribution in [0.25, 0.3) is 0 Å². The third-order valence-electron chi connectivity index (χ3n) is 3.57. The summed E-state index contributed by atoms with van der Waals surface area (Å²) < 4.78 is 1.88. The van der Waals surface area contributed by atoms with E-state index in [1.165, 1.54) is 25.7 Å². The number of likely N-dealkylation sites (N-methyl/N-ethyl adjacent to an activating group) is 1. The fraction of sp³-hybridized carbons (Fsp3) is 0.833. The van der Waals surface area contributed by atoms with Crippen molar-refractivity contribution in [1.82, 2.24) is 20.1 Å². The Labute approximate surface area is 97.5 Å². The number of aromatic nitrogens is 3. The summed E-state index contributed by atoms with van der Waals surface area (Å²) in [6, 6.07) is 0.568. The standard InChI is InChI=1S/C12H22N4/c1-3-13-11(7-10-5-4-6-10)8-12-14-9-15-16(12)2/h9-11,13H,3-8H2,1-2H3. The van der Waals surface area contributed by atoms with Crippen LogP contribution in [0.15, 0.2) is 6.33 Å². The molecular weight excluding hydrogens is 200 g/mol. The Morgan fingerprint density at radius 3 is 2.88 bits per heavy atom. The smallest absolute Gasteiger partial charge is 0.138 e. The van der Waals surface area contributed by atoms with Crippen LogP contribution >= 0.6 is 0 Å². The quantitative estimate of drug-likeness (QED) is 0.793. The number of nitrogens with one attached hydrogen (secondary N) is 1. The monoisotopic (exact) mass is 222 g/mol. The lowest BCUT2D eigenvalue weighted by molar-refractivity contribution is 0.258. The minimum absolute atomic E-state index is 0.568. The van der Waals surface area contributed by atoms with Crippen molar-refractivity contribution in [3.8, 4) is 0 Å². The van der Waals surface area contributed by atoms with Gasteiger partial charge < -0.3 is 5.32 Å². The van der Waals surface area contributed by atoms with Crippen LogP contribution in [-0.2, 0) is 13.5 Å². The highest BCUT2D eigenvalue weighted by Gasteiger charge is 2.22. The van der Waals surface area contributed by atoms with Crippen molar-refractivity contribution in [2.24, 2.45) is 13.0 Å². The normalized spacial score (nSPS) is 18.4. The second-order valence-corrected chi connectivity index (χ2v) is 4.79. The molecule has 1 aromatic rings. The van der Waals surface area contributed by atoms with Gasteiger partial charge in [0.1, 0.15) is 12.2 Å². The Balaban J connectivity index is 1.88. The first-order valence-corrected chi connectivity index (χ1v) is 6.35. The molecule has 1 unspecified atom stereocenters. The summed E-state index contributed by atoms with van der Waals surface area (Å²) in [6.45, 7) is 3.21.